The Morgan fingerprint density at radius 3 is 2.13 bits per heavy atom. The predicted octanol–water partition coefficient (Wildman–Crippen LogP) is 5.93. The number of benzene rings is 2. The van der Waals surface area contributed by atoms with E-state index in [2.05, 4.69) is 5.32 Å². The standard InChI is InChI=1S/C23H22F4N2O/c1-3-19(21(27)4-2)22(13-28)29-23(30)12-20(14-5-7-16(24)8-6-14)15-9-17(25)11-18(26)10-15/h4-11,13,20,28H,3,12H2,1-2H3,(H,29,30)/b21-4+,22-19+,28-13?/t20-/m0/s1. The molecule has 7 heteroatoms. The summed E-state index contributed by atoms with van der Waals surface area (Å²) in [6.45, 7) is 3.18. The summed E-state index contributed by atoms with van der Waals surface area (Å²) in [7, 11) is 0. The first kappa shape index (κ1) is 23.1. The van der Waals surface area contributed by atoms with Gasteiger partial charge >= 0.3 is 0 Å². The first-order valence-corrected chi connectivity index (χ1v) is 9.36. The van der Waals surface area contributed by atoms with Gasteiger partial charge in [-0.2, -0.15) is 0 Å². The molecular formula is C23H22F4N2O. The summed E-state index contributed by atoms with van der Waals surface area (Å²) >= 11 is 0. The van der Waals surface area contributed by atoms with Crippen molar-refractivity contribution in [2.24, 2.45) is 0 Å². The molecule has 3 nitrogen and oxygen atoms in total. The van der Waals surface area contributed by atoms with Crippen LogP contribution in [-0.4, -0.2) is 12.1 Å². The number of hydrogen-bond donors (Lipinski definition) is 2. The molecule has 0 saturated carbocycles. The molecule has 158 valence electrons. The van der Waals surface area contributed by atoms with Gasteiger partial charge in [-0.05, 0) is 48.7 Å². The zero-order valence-corrected chi connectivity index (χ0v) is 16.6. The van der Waals surface area contributed by atoms with E-state index < -0.39 is 35.1 Å². The quantitative estimate of drug-likeness (QED) is 0.312. The van der Waals surface area contributed by atoms with Crippen LogP contribution in [0.15, 0.2) is 65.6 Å². The Morgan fingerprint density at radius 2 is 1.63 bits per heavy atom. The SMILES string of the molecule is C/C=C(F)\C(CC)=C(/C=N)NC(=O)C[C@@H](c1ccc(F)cc1)c1cc(F)cc(F)c1. The predicted molar refractivity (Wildman–Crippen MR) is 108 cm³/mol. The third-order valence-corrected chi connectivity index (χ3v) is 4.59. The molecule has 0 aromatic heterocycles. The zero-order chi connectivity index (χ0) is 22.3. The second kappa shape index (κ2) is 10.5. The molecule has 2 N–H and O–H groups in total. The molecule has 0 saturated heterocycles. The van der Waals surface area contributed by atoms with Crippen LogP contribution >= 0.6 is 0 Å². The maximum absolute atomic E-state index is 14.0. The highest BCUT2D eigenvalue weighted by atomic mass is 19.1. The molecular weight excluding hydrogens is 396 g/mol. The van der Waals surface area contributed by atoms with E-state index in [1.807, 2.05) is 0 Å². The van der Waals surface area contributed by atoms with Crippen molar-refractivity contribution in [1.29, 1.82) is 5.41 Å². The smallest absolute Gasteiger partial charge is 0.225 e. The molecule has 0 aliphatic rings. The number of carbonyl (C=O) groups is 1. The number of carbonyl (C=O) groups excluding carboxylic acids is 1. The van der Waals surface area contributed by atoms with Crippen molar-refractivity contribution in [1.82, 2.24) is 5.32 Å². The van der Waals surface area contributed by atoms with Gasteiger partial charge in [0.1, 0.15) is 23.3 Å². The second-order valence-corrected chi connectivity index (χ2v) is 6.59. The Kier molecular flexibility index (Phi) is 8.09. The van der Waals surface area contributed by atoms with Gasteiger partial charge < -0.3 is 10.7 Å². The summed E-state index contributed by atoms with van der Waals surface area (Å²) in [6, 6.07) is 8.17. The molecule has 0 unspecified atom stereocenters. The highest BCUT2D eigenvalue weighted by Crippen LogP contribution is 2.30. The van der Waals surface area contributed by atoms with Gasteiger partial charge in [-0.25, -0.2) is 17.6 Å². The number of nitrogens with one attached hydrogen (secondary N) is 2. The van der Waals surface area contributed by atoms with Crippen LogP contribution in [0.4, 0.5) is 17.6 Å². The number of hydrogen-bond acceptors (Lipinski definition) is 2. The Hall–Kier alpha value is -3.22. The van der Waals surface area contributed by atoms with E-state index in [1.165, 1.54) is 37.3 Å². The third kappa shape index (κ3) is 5.89. The van der Waals surface area contributed by atoms with Crippen LogP contribution in [0.2, 0.25) is 0 Å². The van der Waals surface area contributed by atoms with E-state index in [4.69, 9.17) is 5.41 Å². The van der Waals surface area contributed by atoms with Crippen LogP contribution in [0.5, 0.6) is 0 Å². The van der Waals surface area contributed by atoms with E-state index in [9.17, 15) is 22.4 Å². The molecule has 2 rings (SSSR count). The Balaban J connectivity index is 2.40. The van der Waals surface area contributed by atoms with Crippen molar-refractivity contribution < 1.29 is 22.4 Å². The Labute approximate surface area is 172 Å². The second-order valence-electron chi connectivity index (χ2n) is 6.59. The van der Waals surface area contributed by atoms with E-state index in [0.29, 0.717) is 11.6 Å². The van der Waals surface area contributed by atoms with Crippen LogP contribution in [0.3, 0.4) is 0 Å². The van der Waals surface area contributed by atoms with Crippen molar-refractivity contribution >= 4 is 12.1 Å². The van der Waals surface area contributed by atoms with E-state index >= 15 is 0 Å². The van der Waals surface area contributed by atoms with E-state index in [1.54, 1.807) is 6.92 Å². The molecule has 0 radical (unpaired) electrons. The highest BCUT2D eigenvalue weighted by molar-refractivity contribution is 5.88. The summed E-state index contributed by atoms with van der Waals surface area (Å²) in [5.41, 5.74) is 0.842. The van der Waals surface area contributed by atoms with E-state index in [0.717, 1.165) is 18.3 Å². The van der Waals surface area contributed by atoms with Crippen LogP contribution < -0.4 is 5.32 Å². The summed E-state index contributed by atoms with van der Waals surface area (Å²) in [5.74, 6) is -4.02. The summed E-state index contributed by atoms with van der Waals surface area (Å²) in [4.78, 5) is 12.7. The molecule has 1 atom stereocenters. The fraction of sp³-hybridized carbons (Fsp3) is 0.217. The van der Waals surface area contributed by atoms with Gasteiger partial charge in [-0.1, -0.05) is 25.1 Å². The zero-order valence-electron chi connectivity index (χ0n) is 16.6. The molecule has 30 heavy (non-hydrogen) atoms. The molecule has 1 amide bonds. The van der Waals surface area contributed by atoms with Gasteiger partial charge in [0.15, 0.2) is 0 Å². The van der Waals surface area contributed by atoms with Crippen molar-refractivity contribution in [3.8, 4) is 0 Å². The molecule has 0 bridgehead atoms. The molecule has 0 heterocycles. The molecule has 2 aromatic carbocycles. The summed E-state index contributed by atoms with van der Waals surface area (Å²) in [6.07, 6.45) is 2.07. The first-order valence-electron chi connectivity index (χ1n) is 9.36. The maximum atomic E-state index is 14.0. The van der Waals surface area contributed by atoms with Gasteiger partial charge in [0.2, 0.25) is 5.91 Å². The van der Waals surface area contributed by atoms with Gasteiger partial charge in [0, 0.05) is 30.2 Å². The Morgan fingerprint density at radius 1 is 1.03 bits per heavy atom. The monoisotopic (exact) mass is 418 g/mol. The van der Waals surface area contributed by atoms with Crippen LogP contribution in [0, 0.1) is 22.9 Å². The third-order valence-electron chi connectivity index (χ3n) is 4.59. The molecule has 0 aliphatic carbocycles. The maximum Gasteiger partial charge on any atom is 0.225 e. The normalized spacial score (nSPS) is 13.5. The van der Waals surface area contributed by atoms with Crippen LogP contribution in [0.1, 0.15) is 43.7 Å². The fourth-order valence-electron chi connectivity index (χ4n) is 3.15. The average molecular weight is 418 g/mol. The highest BCUT2D eigenvalue weighted by Gasteiger charge is 2.21. The lowest BCUT2D eigenvalue weighted by Crippen LogP contribution is -2.27. The number of amides is 1. The number of rotatable bonds is 8. The molecule has 2 aromatic rings. The van der Waals surface area contributed by atoms with Crippen LogP contribution in [-0.2, 0) is 4.79 Å². The fourth-order valence-corrected chi connectivity index (χ4v) is 3.15. The van der Waals surface area contributed by atoms with Crippen molar-refractivity contribution in [2.75, 3.05) is 0 Å². The molecule has 0 spiro atoms. The minimum absolute atomic E-state index is 0.00128. The number of halogens is 4. The summed E-state index contributed by atoms with van der Waals surface area (Å²) in [5, 5.41) is 10.0. The lowest BCUT2D eigenvalue weighted by molar-refractivity contribution is -0.120. The van der Waals surface area contributed by atoms with Gasteiger partial charge in [0.05, 0.1) is 5.70 Å². The van der Waals surface area contributed by atoms with Crippen molar-refractivity contribution in [3.05, 3.63) is 94.2 Å². The first-order chi connectivity index (χ1) is 14.3. The van der Waals surface area contributed by atoms with Gasteiger partial charge in [-0.15, -0.1) is 0 Å². The summed E-state index contributed by atoms with van der Waals surface area (Å²) < 4.78 is 54.9. The van der Waals surface area contributed by atoms with Gasteiger partial charge in [0.25, 0.3) is 0 Å². The lowest BCUT2D eigenvalue weighted by Gasteiger charge is -2.19. The minimum Gasteiger partial charge on any atom is -0.324 e. The minimum atomic E-state index is -0.805. The average Bonchev–Trinajstić information content (AvgIpc) is 2.71. The Bertz CT molecular complexity index is 961. The van der Waals surface area contributed by atoms with E-state index in [-0.39, 0.29) is 29.7 Å². The van der Waals surface area contributed by atoms with Crippen molar-refractivity contribution in [3.63, 3.8) is 0 Å². The number of allylic oxidation sites excluding steroid dienone is 4. The molecule has 0 aliphatic heterocycles. The lowest BCUT2D eigenvalue weighted by atomic mass is 9.88. The van der Waals surface area contributed by atoms with Gasteiger partial charge in [-0.3, -0.25) is 4.79 Å². The molecule has 0 fully saturated rings. The topological polar surface area (TPSA) is 53.0 Å². The van der Waals surface area contributed by atoms with Crippen molar-refractivity contribution in [2.45, 2.75) is 32.6 Å². The largest absolute Gasteiger partial charge is 0.324 e. The van der Waals surface area contributed by atoms with Crippen LogP contribution in [0.25, 0.3) is 0 Å².